The monoisotopic (exact) mass is 316 g/mol. The van der Waals surface area contributed by atoms with Crippen molar-refractivity contribution in [1.29, 1.82) is 0 Å². The Balaban J connectivity index is 2.10. The Morgan fingerprint density at radius 1 is 1.18 bits per heavy atom. The Morgan fingerprint density at radius 2 is 1.91 bits per heavy atom. The van der Waals surface area contributed by atoms with E-state index in [1.54, 1.807) is 18.2 Å². The maximum atomic E-state index is 13.7. The number of para-hydroxylation sites is 1. The molecule has 0 bridgehead atoms. The third kappa shape index (κ3) is 4.04. The summed E-state index contributed by atoms with van der Waals surface area (Å²) in [4.78, 5) is 0. The zero-order chi connectivity index (χ0) is 16.1. The van der Waals surface area contributed by atoms with Gasteiger partial charge in [0.1, 0.15) is 5.82 Å². The molecule has 0 amide bonds. The molecule has 0 unspecified atom stereocenters. The van der Waals surface area contributed by atoms with E-state index in [0.29, 0.717) is 10.8 Å². The van der Waals surface area contributed by atoms with Gasteiger partial charge in [-0.3, -0.25) is 0 Å². The van der Waals surface area contributed by atoms with Crippen LogP contribution >= 0.6 is 12.2 Å². The normalized spacial score (nSPS) is 11.8. The molecule has 0 aliphatic heterocycles. The topological polar surface area (TPSA) is 24.1 Å². The molecular formula is C18H21FN2S. The standard InChI is InChI=1S/C18H21FN2S/c1-4-16(14-10-9-12(2)11-13(14)3)20-18(22)21-17-8-6-5-7-15(17)19/h5-11,16H,4H2,1-3H3,(H2,20,21,22)/t16-/m1/s1. The number of rotatable bonds is 4. The molecule has 0 aromatic heterocycles. The van der Waals surface area contributed by atoms with Crippen LogP contribution in [0.2, 0.25) is 0 Å². The van der Waals surface area contributed by atoms with Gasteiger partial charge < -0.3 is 10.6 Å². The van der Waals surface area contributed by atoms with Crippen molar-refractivity contribution < 1.29 is 4.39 Å². The van der Waals surface area contributed by atoms with Crippen molar-refractivity contribution in [2.24, 2.45) is 0 Å². The smallest absolute Gasteiger partial charge is 0.171 e. The van der Waals surface area contributed by atoms with Gasteiger partial charge in [0.15, 0.2) is 5.11 Å². The zero-order valence-corrected chi connectivity index (χ0v) is 13.9. The van der Waals surface area contributed by atoms with Gasteiger partial charge in [-0.05, 0) is 55.7 Å². The molecule has 0 fully saturated rings. The van der Waals surface area contributed by atoms with E-state index < -0.39 is 0 Å². The third-order valence-electron chi connectivity index (χ3n) is 3.64. The maximum absolute atomic E-state index is 13.7. The van der Waals surface area contributed by atoms with Gasteiger partial charge in [0.2, 0.25) is 0 Å². The van der Waals surface area contributed by atoms with Gasteiger partial charge in [-0.15, -0.1) is 0 Å². The van der Waals surface area contributed by atoms with E-state index in [1.165, 1.54) is 22.8 Å². The molecule has 116 valence electrons. The van der Waals surface area contributed by atoms with Crippen LogP contribution in [0.25, 0.3) is 0 Å². The number of thiocarbonyl (C=S) groups is 1. The van der Waals surface area contributed by atoms with Crippen LogP contribution in [0.15, 0.2) is 42.5 Å². The Labute approximate surface area is 136 Å². The van der Waals surface area contributed by atoms with Crippen LogP contribution in [0.3, 0.4) is 0 Å². The molecule has 0 radical (unpaired) electrons. The second-order valence-corrected chi connectivity index (χ2v) is 5.81. The van der Waals surface area contributed by atoms with Gasteiger partial charge in [0, 0.05) is 0 Å². The first-order valence-corrected chi connectivity index (χ1v) is 7.81. The Bertz CT molecular complexity index is 670. The Morgan fingerprint density at radius 3 is 2.55 bits per heavy atom. The first kappa shape index (κ1) is 16.4. The molecule has 22 heavy (non-hydrogen) atoms. The summed E-state index contributed by atoms with van der Waals surface area (Å²) in [5, 5.41) is 6.62. The first-order chi connectivity index (χ1) is 10.5. The molecule has 0 spiro atoms. The molecule has 2 nitrogen and oxygen atoms in total. The molecule has 0 aliphatic rings. The number of nitrogens with one attached hydrogen (secondary N) is 2. The van der Waals surface area contributed by atoms with E-state index in [0.717, 1.165) is 6.42 Å². The van der Waals surface area contributed by atoms with E-state index in [4.69, 9.17) is 12.2 Å². The van der Waals surface area contributed by atoms with Crippen molar-refractivity contribution in [3.63, 3.8) is 0 Å². The van der Waals surface area contributed by atoms with E-state index in [2.05, 4.69) is 49.6 Å². The number of hydrogen-bond acceptors (Lipinski definition) is 1. The highest BCUT2D eigenvalue weighted by molar-refractivity contribution is 7.80. The minimum atomic E-state index is -0.314. The quantitative estimate of drug-likeness (QED) is 0.786. The SMILES string of the molecule is CC[C@@H](NC(=S)Nc1ccccc1F)c1ccc(C)cc1C. The average molecular weight is 316 g/mol. The summed E-state index contributed by atoms with van der Waals surface area (Å²) in [5.41, 5.74) is 4.07. The summed E-state index contributed by atoms with van der Waals surface area (Å²) in [6, 6.07) is 13.0. The molecule has 1 atom stereocenters. The highest BCUT2D eigenvalue weighted by Crippen LogP contribution is 2.22. The second-order valence-electron chi connectivity index (χ2n) is 5.40. The Hall–Kier alpha value is -1.94. The van der Waals surface area contributed by atoms with Crippen molar-refractivity contribution >= 4 is 23.0 Å². The lowest BCUT2D eigenvalue weighted by Crippen LogP contribution is -2.32. The fraction of sp³-hybridized carbons (Fsp3) is 0.278. The predicted octanol–water partition coefficient (Wildman–Crippen LogP) is 4.88. The highest BCUT2D eigenvalue weighted by Gasteiger charge is 2.13. The third-order valence-corrected chi connectivity index (χ3v) is 3.86. The lowest BCUT2D eigenvalue weighted by atomic mass is 9.98. The van der Waals surface area contributed by atoms with Gasteiger partial charge in [0.05, 0.1) is 11.7 Å². The van der Waals surface area contributed by atoms with Crippen LogP contribution in [-0.2, 0) is 0 Å². The van der Waals surface area contributed by atoms with Gasteiger partial charge in [-0.2, -0.15) is 0 Å². The zero-order valence-electron chi connectivity index (χ0n) is 13.1. The van der Waals surface area contributed by atoms with E-state index in [-0.39, 0.29) is 11.9 Å². The fourth-order valence-corrected chi connectivity index (χ4v) is 2.75. The van der Waals surface area contributed by atoms with Crippen molar-refractivity contribution in [3.8, 4) is 0 Å². The van der Waals surface area contributed by atoms with Gasteiger partial charge >= 0.3 is 0 Å². The maximum Gasteiger partial charge on any atom is 0.171 e. The van der Waals surface area contributed by atoms with Crippen LogP contribution in [0, 0.1) is 19.7 Å². The number of anilines is 1. The summed E-state index contributed by atoms with van der Waals surface area (Å²) in [6.07, 6.45) is 0.892. The number of halogens is 1. The minimum Gasteiger partial charge on any atom is -0.356 e. The second kappa shape index (κ2) is 7.36. The van der Waals surface area contributed by atoms with Crippen LogP contribution in [0.4, 0.5) is 10.1 Å². The van der Waals surface area contributed by atoms with Crippen LogP contribution in [0.1, 0.15) is 36.1 Å². The van der Waals surface area contributed by atoms with E-state index in [9.17, 15) is 4.39 Å². The van der Waals surface area contributed by atoms with Crippen LogP contribution < -0.4 is 10.6 Å². The summed E-state index contributed by atoms with van der Waals surface area (Å²) in [5.74, 6) is -0.314. The van der Waals surface area contributed by atoms with Crippen molar-refractivity contribution in [1.82, 2.24) is 5.32 Å². The molecule has 2 rings (SSSR count). The fourth-order valence-electron chi connectivity index (χ4n) is 2.50. The number of benzene rings is 2. The predicted molar refractivity (Wildman–Crippen MR) is 94.7 cm³/mol. The molecule has 0 saturated heterocycles. The molecule has 2 aromatic carbocycles. The van der Waals surface area contributed by atoms with E-state index >= 15 is 0 Å². The summed E-state index contributed by atoms with van der Waals surface area (Å²) < 4.78 is 13.7. The summed E-state index contributed by atoms with van der Waals surface area (Å²) >= 11 is 5.32. The number of aryl methyl sites for hydroxylation is 2. The lowest BCUT2D eigenvalue weighted by Gasteiger charge is -2.22. The van der Waals surface area contributed by atoms with Crippen LogP contribution in [-0.4, -0.2) is 5.11 Å². The molecule has 2 N–H and O–H groups in total. The van der Waals surface area contributed by atoms with Crippen molar-refractivity contribution in [3.05, 3.63) is 65.0 Å². The molecule has 2 aromatic rings. The molecule has 0 heterocycles. The van der Waals surface area contributed by atoms with Gasteiger partial charge in [0.25, 0.3) is 0 Å². The first-order valence-electron chi connectivity index (χ1n) is 7.40. The average Bonchev–Trinajstić information content (AvgIpc) is 2.48. The largest absolute Gasteiger partial charge is 0.356 e. The van der Waals surface area contributed by atoms with Crippen molar-refractivity contribution in [2.75, 3.05) is 5.32 Å². The number of hydrogen-bond donors (Lipinski definition) is 2. The van der Waals surface area contributed by atoms with Gasteiger partial charge in [-0.1, -0.05) is 42.8 Å². The molecule has 0 aliphatic carbocycles. The summed E-state index contributed by atoms with van der Waals surface area (Å²) in [7, 11) is 0. The van der Waals surface area contributed by atoms with Crippen LogP contribution in [0.5, 0.6) is 0 Å². The lowest BCUT2D eigenvalue weighted by molar-refractivity contribution is 0.621. The van der Waals surface area contributed by atoms with E-state index in [1.807, 2.05) is 0 Å². The molecule has 0 saturated carbocycles. The van der Waals surface area contributed by atoms with Crippen molar-refractivity contribution in [2.45, 2.75) is 33.2 Å². The summed E-state index contributed by atoms with van der Waals surface area (Å²) in [6.45, 7) is 6.28. The van der Waals surface area contributed by atoms with Gasteiger partial charge in [-0.25, -0.2) is 4.39 Å². The molecular weight excluding hydrogens is 295 g/mol. The minimum absolute atomic E-state index is 0.104. The Kier molecular flexibility index (Phi) is 5.50. The highest BCUT2D eigenvalue weighted by atomic mass is 32.1. The molecule has 4 heteroatoms.